The molecule has 2 unspecified atom stereocenters. The summed E-state index contributed by atoms with van der Waals surface area (Å²) in [4.78, 5) is 2.75. The van der Waals surface area contributed by atoms with Gasteiger partial charge in [0.05, 0.1) is 12.2 Å². The predicted molar refractivity (Wildman–Crippen MR) is 221 cm³/mol. The van der Waals surface area contributed by atoms with Crippen LogP contribution in [0.25, 0.3) is 0 Å². The molecule has 2 atom stereocenters. The molecule has 1 N–H and O–H groups in total. The molecule has 6 heteroatoms. The first-order valence-corrected chi connectivity index (χ1v) is 27.0. The second kappa shape index (κ2) is 27.0. The summed E-state index contributed by atoms with van der Waals surface area (Å²) in [5, 5.41) is 9.80. The molecule has 0 aliphatic heterocycles. The Balaban J connectivity index is 5.82. The monoisotopic (exact) mass is 714 g/mol. The van der Waals surface area contributed by atoms with Gasteiger partial charge in [0.2, 0.25) is 0 Å². The third-order valence-corrected chi connectivity index (χ3v) is 20.7. The van der Waals surface area contributed by atoms with Crippen molar-refractivity contribution < 1.29 is 14.0 Å². The Hall–Kier alpha value is 0.274. The summed E-state index contributed by atoms with van der Waals surface area (Å²) in [6.45, 7) is 32.2. The van der Waals surface area contributed by atoms with E-state index in [9.17, 15) is 5.11 Å². The van der Waals surface area contributed by atoms with Crippen LogP contribution in [0.15, 0.2) is 0 Å². The lowest BCUT2D eigenvalue weighted by Crippen LogP contribution is -2.50. The van der Waals surface area contributed by atoms with Crippen molar-refractivity contribution in [3.63, 3.8) is 0 Å². The molecule has 0 fully saturated rings. The van der Waals surface area contributed by atoms with Crippen LogP contribution >= 0.6 is 0 Å². The molecule has 0 rings (SSSR count). The van der Waals surface area contributed by atoms with E-state index in [0.717, 1.165) is 32.5 Å². The molecule has 0 aromatic heterocycles. The molecule has 0 aliphatic rings. The third-order valence-electron chi connectivity index (χ3n) is 11.6. The minimum atomic E-state index is -1.90. The molecule has 0 aromatic rings. The zero-order chi connectivity index (χ0) is 36.5. The number of aliphatic hydroxyl groups excluding tert-OH is 1. The van der Waals surface area contributed by atoms with Crippen LogP contribution in [0.4, 0.5) is 0 Å². The molecule has 0 aliphatic carbocycles. The van der Waals surface area contributed by atoms with Gasteiger partial charge >= 0.3 is 0 Å². The van der Waals surface area contributed by atoms with Crippen LogP contribution in [0.2, 0.25) is 36.3 Å². The van der Waals surface area contributed by atoms with Crippen LogP contribution in [0.5, 0.6) is 0 Å². The second-order valence-electron chi connectivity index (χ2n) is 18.4. The standard InChI is InChI=1S/C42H91NO3Si2/c1-13-15-17-19-21-23-25-29-33-39(45-47(9,10)41(3,4)5)37-43(35-31-27-28-32-36-44)38-40(46-48(11,12)42(6,7)8)34-30-26-24-22-20-18-16-14-2/h39-40,44H,13-38H2,1-12H3. The van der Waals surface area contributed by atoms with E-state index >= 15 is 0 Å². The molecule has 0 amide bonds. The number of hydrogen-bond acceptors (Lipinski definition) is 4. The van der Waals surface area contributed by atoms with Crippen molar-refractivity contribution in [2.24, 2.45) is 0 Å². The van der Waals surface area contributed by atoms with E-state index < -0.39 is 16.6 Å². The van der Waals surface area contributed by atoms with Gasteiger partial charge in [-0.15, -0.1) is 0 Å². The Bertz CT molecular complexity index is 677. The van der Waals surface area contributed by atoms with Gasteiger partial charge in [-0.2, -0.15) is 0 Å². The first-order chi connectivity index (χ1) is 22.5. The fraction of sp³-hybridized carbons (Fsp3) is 1.00. The Morgan fingerprint density at radius 3 is 1.12 bits per heavy atom. The summed E-state index contributed by atoms with van der Waals surface area (Å²) in [5.74, 6) is 0. The third kappa shape index (κ3) is 23.7. The van der Waals surface area contributed by atoms with Crippen molar-refractivity contribution in [1.29, 1.82) is 0 Å². The van der Waals surface area contributed by atoms with Gasteiger partial charge in [-0.25, -0.2) is 0 Å². The molecule has 0 aromatic carbocycles. The van der Waals surface area contributed by atoms with Crippen LogP contribution in [0, 0.1) is 0 Å². The number of rotatable bonds is 32. The minimum absolute atomic E-state index is 0.212. The Kier molecular flexibility index (Phi) is 27.1. The van der Waals surface area contributed by atoms with Gasteiger partial charge in [-0.05, 0) is 68.5 Å². The zero-order valence-corrected chi connectivity index (χ0v) is 37.3. The van der Waals surface area contributed by atoms with Gasteiger partial charge in [0.15, 0.2) is 16.6 Å². The lowest BCUT2D eigenvalue weighted by molar-refractivity contribution is 0.0677. The maximum absolute atomic E-state index is 9.37. The van der Waals surface area contributed by atoms with E-state index in [1.165, 1.54) is 128 Å². The smallest absolute Gasteiger partial charge is 0.192 e. The van der Waals surface area contributed by atoms with Crippen molar-refractivity contribution >= 4 is 16.6 Å². The van der Waals surface area contributed by atoms with Gasteiger partial charge in [0.1, 0.15) is 0 Å². The van der Waals surface area contributed by atoms with E-state index in [-0.39, 0.29) is 10.1 Å². The Morgan fingerprint density at radius 1 is 0.479 bits per heavy atom. The van der Waals surface area contributed by atoms with Gasteiger partial charge in [0.25, 0.3) is 0 Å². The SMILES string of the molecule is CCCCCCCCCCC(CN(CCCCCCO)CC(CCCCCCCCCC)O[Si](C)(C)C(C)(C)C)O[Si](C)(C)C(C)(C)C. The quantitative estimate of drug-likeness (QED) is 0.0557. The summed E-state index contributed by atoms with van der Waals surface area (Å²) in [5.41, 5.74) is 0. The molecule has 0 saturated heterocycles. The summed E-state index contributed by atoms with van der Waals surface area (Å²) in [7, 11) is -3.80. The highest BCUT2D eigenvalue weighted by atomic mass is 28.4. The van der Waals surface area contributed by atoms with Gasteiger partial charge in [0, 0.05) is 19.7 Å². The Morgan fingerprint density at radius 2 is 0.792 bits per heavy atom. The normalized spacial score (nSPS) is 14.6. The lowest BCUT2D eigenvalue weighted by Gasteiger charge is -2.42. The highest BCUT2D eigenvalue weighted by Crippen LogP contribution is 2.39. The highest BCUT2D eigenvalue weighted by molar-refractivity contribution is 6.74. The number of hydrogen-bond donors (Lipinski definition) is 1. The van der Waals surface area contributed by atoms with Crippen LogP contribution in [0.3, 0.4) is 0 Å². The van der Waals surface area contributed by atoms with Crippen LogP contribution in [0.1, 0.15) is 197 Å². The maximum atomic E-state index is 9.37. The van der Waals surface area contributed by atoms with Crippen molar-refractivity contribution in [1.82, 2.24) is 4.90 Å². The molecule has 4 nitrogen and oxygen atoms in total. The molecule has 0 radical (unpaired) electrons. The van der Waals surface area contributed by atoms with E-state index in [4.69, 9.17) is 8.85 Å². The van der Waals surface area contributed by atoms with E-state index in [0.29, 0.717) is 18.8 Å². The largest absolute Gasteiger partial charge is 0.413 e. The fourth-order valence-corrected chi connectivity index (χ4v) is 8.97. The van der Waals surface area contributed by atoms with E-state index in [1.807, 2.05) is 0 Å². The molecular formula is C42H91NO3Si2. The second-order valence-corrected chi connectivity index (χ2v) is 27.9. The molecule has 0 bridgehead atoms. The van der Waals surface area contributed by atoms with Gasteiger partial charge < -0.3 is 14.0 Å². The number of nitrogens with zero attached hydrogens (tertiary/aromatic N) is 1. The van der Waals surface area contributed by atoms with Gasteiger partial charge in [-0.3, -0.25) is 4.90 Å². The van der Waals surface area contributed by atoms with E-state index in [1.54, 1.807) is 0 Å². The van der Waals surface area contributed by atoms with Crippen molar-refractivity contribution in [3.05, 3.63) is 0 Å². The molecule has 0 heterocycles. The molecule has 0 saturated carbocycles. The average molecular weight is 714 g/mol. The Labute approximate surface area is 305 Å². The molecule has 0 spiro atoms. The van der Waals surface area contributed by atoms with Crippen molar-refractivity contribution in [3.8, 4) is 0 Å². The molecule has 290 valence electrons. The lowest BCUT2D eigenvalue weighted by atomic mass is 10.0. The predicted octanol–water partition coefficient (Wildman–Crippen LogP) is 13.7. The van der Waals surface area contributed by atoms with Crippen molar-refractivity contribution in [2.75, 3.05) is 26.2 Å². The number of unbranched alkanes of at least 4 members (excludes halogenated alkanes) is 17. The minimum Gasteiger partial charge on any atom is -0.413 e. The topological polar surface area (TPSA) is 41.9 Å². The summed E-state index contributed by atoms with van der Waals surface area (Å²) >= 11 is 0. The summed E-state index contributed by atoms with van der Waals surface area (Å²) in [6, 6.07) is 0. The van der Waals surface area contributed by atoms with Crippen LogP contribution in [-0.2, 0) is 8.85 Å². The molecule has 48 heavy (non-hydrogen) atoms. The zero-order valence-electron chi connectivity index (χ0n) is 35.3. The van der Waals surface area contributed by atoms with Crippen LogP contribution < -0.4 is 0 Å². The molecular weight excluding hydrogens is 623 g/mol. The summed E-state index contributed by atoms with van der Waals surface area (Å²) < 4.78 is 14.5. The first kappa shape index (κ1) is 48.3. The first-order valence-electron chi connectivity index (χ1n) is 21.2. The number of aliphatic hydroxyl groups is 1. The van der Waals surface area contributed by atoms with Crippen LogP contribution in [-0.4, -0.2) is 65.1 Å². The average Bonchev–Trinajstić information content (AvgIpc) is 2.98. The fourth-order valence-electron chi connectivity index (χ4n) is 6.21. The maximum Gasteiger partial charge on any atom is 0.192 e. The highest BCUT2D eigenvalue weighted by Gasteiger charge is 2.41. The van der Waals surface area contributed by atoms with Gasteiger partial charge in [-0.1, -0.05) is 171 Å². The van der Waals surface area contributed by atoms with Crippen molar-refractivity contribution in [2.45, 2.75) is 245 Å². The van der Waals surface area contributed by atoms with E-state index in [2.05, 4.69) is 86.5 Å². The summed E-state index contributed by atoms with van der Waals surface area (Å²) in [6.07, 6.45) is 29.1.